The van der Waals surface area contributed by atoms with Crippen molar-refractivity contribution in [2.24, 2.45) is 5.73 Å². The van der Waals surface area contributed by atoms with Gasteiger partial charge in [0.25, 0.3) is 0 Å². The normalized spacial score (nSPS) is 24.5. The fourth-order valence-corrected chi connectivity index (χ4v) is 12.0. The Kier molecular flexibility index (Phi) is 17.6. The van der Waals surface area contributed by atoms with Gasteiger partial charge in [0.1, 0.15) is 33.6 Å². The molecule has 0 spiro atoms. The first-order valence-corrected chi connectivity index (χ1v) is 23.5. The Morgan fingerprint density at radius 1 is 0.672 bits per heavy atom. The van der Waals surface area contributed by atoms with Gasteiger partial charge < -0.3 is 29.7 Å². The third-order valence-corrected chi connectivity index (χ3v) is 15.5. The molecule has 6 aliphatic rings. The van der Waals surface area contributed by atoms with Crippen LogP contribution in [0.15, 0.2) is 12.7 Å². The predicted molar refractivity (Wildman–Crippen MR) is 246 cm³/mol. The number of thiophene rings is 2. The lowest BCUT2D eigenvalue weighted by Crippen LogP contribution is -2.46. The standard InChI is InChI=1S/C21H28N4O3S.C11H10ClN3OS.C10H20N2O.2ClH/c1-14(26)25-7-6-18-17(12-25)19-20(22-13-23-21(19)29-18)28-16-4-2-15(3-5-16)24-8-10-27-11-9-24;1-6(16)15-3-2-8-7(4-15)9-10(12)13-5-14-11(9)17-8;11-9-1-3-10(4-2-9)12-5-7-13-8-6-12;;/h13,15-16H,2-12H2,1H3;5H,2-4H2,1H3;9-10H,1-8,11H2;2*1H. The quantitative estimate of drug-likeness (QED) is 0.229. The van der Waals surface area contributed by atoms with E-state index in [4.69, 9.17) is 31.5 Å². The maximum atomic E-state index is 11.9. The van der Waals surface area contributed by atoms with E-state index in [-0.39, 0.29) is 42.7 Å². The minimum atomic E-state index is 0. The fourth-order valence-electron chi connectivity index (χ4n) is 9.42. The van der Waals surface area contributed by atoms with E-state index in [0.29, 0.717) is 36.2 Å². The van der Waals surface area contributed by atoms with Gasteiger partial charge in [-0.2, -0.15) is 0 Å². The van der Waals surface area contributed by atoms with Crippen LogP contribution in [-0.2, 0) is 45.0 Å². The summed E-state index contributed by atoms with van der Waals surface area (Å²) in [7, 11) is 0. The van der Waals surface area contributed by atoms with Crippen molar-refractivity contribution in [3.63, 3.8) is 0 Å². The molecule has 0 radical (unpaired) electrons. The third-order valence-electron chi connectivity index (χ3n) is 12.9. The molecule has 14 nitrogen and oxygen atoms in total. The summed E-state index contributed by atoms with van der Waals surface area (Å²) in [6, 6.07) is 1.92. The van der Waals surface area contributed by atoms with E-state index in [1.165, 1.54) is 60.2 Å². The lowest BCUT2D eigenvalue weighted by Gasteiger charge is -2.38. The fraction of sp³-hybridized carbons (Fsp3) is 0.667. The number of hydrogen-bond acceptors (Lipinski definition) is 14. The van der Waals surface area contributed by atoms with E-state index in [0.717, 1.165) is 123 Å². The van der Waals surface area contributed by atoms with Gasteiger partial charge >= 0.3 is 0 Å². The smallest absolute Gasteiger partial charge is 0.225 e. The summed E-state index contributed by atoms with van der Waals surface area (Å²) >= 11 is 9.49. The number of nitrogens with zero attached hydrogens (tertiary/aromatic N) is 8. The van der Waals surface area contributed by atoms with Crippen LogP contribution in [0.5, 0.6) is 5.88 Å². The van der Waals surface area contributed by atoms with Gasteiger partial charge in [0.15, 0.2) is 0 Å². The molecule has 2 aliphatic carbocycles. The molecule has 4 aromatic rings. The van der Waals surface area contributed by atoms with Crippen LogP contribution in [0.2, 0.25) is 5.15 Å². The van der Waals surface area contributed by atoms with Gasteiger partial charge in [0, 0.05) is 99.6 Å². The second-order valence-electron chi connectivity index (χ2n) is 16.5. The SMILES string of the molecule is CC(=O)N1CCc2sc3ncnc(Cl)c3c2C1.CC(=O)N1CCc2sc3ncnc(OC4CCC(N5CCOCC5)CC4)c3c2C1.Cl.Cl.NC1CCC(N2CCOCC2)CC1. The van der Waals surface area contributed by atoms with Crippen molar-refractivity contribution in [1.82, 2.24) is 39.5 Å². The molecule has 61 heavy (non-hydrogen) atoms. The van der Waals surface area contributed by atoms with E-state index in [1.54, 1.807) is 42.8 Å². The summed E-state index contributed by atoms with van der Waals surface area (Å²) in [5, 5.41) is 2.42. The van der Waals surface area contributed by atoms with E-state index >= 15 is 0 Å². The first-order valence-electron chi connectivity index (χ1n) is 21.4. The summed E-state index contributed by atoms with van der Waals surface area (Å²) in [5.41, 5.74) is 8.19. The van der Waals surface area contributed by atoms with E-state index in [2.05, 4.69) is 29.7 Å². The van der Waals surface area contributed by atoms with Gasteiger partial charge in [-0.3, -0.25) is 19.4 Å². The van der Waals surface area contributed by atoms with Crippen molar-refractivity contribution >= 4 is 91.3 Å². The first-order chi connectivity index (χ1) is 28.7. The van der Waals surface area contributed by atoms with Crippen molar-refractivity contribution in [2.45, 2.75) is 115 Å². The number of morpholine rings is 2. The Balaban J connectivity index is 0.000000165. The molecule has 4 aliphatic heterocycles. The summed E-state index contributed by atoms with van der Waals surface area (Å²) in [6.45, 7) is 14.0. The number of halogens is 3. The van der Waals surface area contributed by atoms with Crippen molar-refractivity contribution < 1.29 is 23.8 Å². The molecule has 0 atom stereocenters. The minimum absolute atomic E-state index is 0. The number of carbonyl (C=O) groups is 2. The molecule has 336 valence electrons. The Hall–Kier alpha value is -2.51. The Bertz CT molecular complexity index is 2070. The maximum absolute atomic E-state index is 11.9. The van der Waals surface area contributed by atoms with Crippen LogP contribution in [0.1, 0.15) is 86.1 Å². The van der Waals surface area contributed by atoms with Gasteiger partial charge in [-0.1, -0.05) is 11.6 Å². The lowest BCUT2D eigenvalue weighted by atomic mass is 9.90. The van der Waals surface area contributed by atoms with E-state index in [1.807, 2.05) is 9.80 Å². The summed E-state index contributed by atoms with van der Waals surface area (Å²) < 4.78 is 17.3. The van der Waals surface area contributed by atoms with Crippen molar-refractivity contribution in [3.8, 4) is 5.88 Å². The van der Waals surface area contributed by atoms with Gasteiger partial charge in [0.2, 0.25) is 17.7 Å². The number of carbonyl (C=O) groups excluding carboxylic acids is 2. The van der Waals surface area contributed by atoms with Crippen LogP contribution in [0, 0.1) is 0 Å². The minimum Gasteiger partial charge on any atom is -0.474 e. The highest BCUT2D eigenvalue weighted by molar-refractivity contribution is 7.19. The van der Waals surface area contributed by atoms with Crippen LogP contribution in [0.3, 0.4) is 0 Å². The molecule has 0 unspecified atom stereocenters. The van der Waals surface area contributed by atoms with Crippen LogP contribution >= 0.6 is 59.1 Å². The molecular formula is C42H60Cl3N9O5S2. The molecule has 2 saturated carbocycles. The highest BCUT2D eigenvalue weighted by atomic mass is 35.5. The number of ether oxygens (including phenoxy) is 3. The molecule has 0 aromatic carbocycles. The molecule has 2 N–H and O–H groups in total. The van der Waals surface area contributed by atoms with Crippen molar-refractivity contribution in [3.05, 3.63) is 38.7 Å². The van der Waals surface area contributed by atoms with Crippen LogP contribution < -0.4 is 10.5 Å². The molecule has 2 saturated heterocycles. The Morgan fingerprint density at radius 2 is 1.13 bits per heavy atom. The molecule has 4 fully saturated rings. The van der Waals surface area contributed by atoms with E-state index < -0.39 is 0 Å². The van der Waals surface area contributed by atoms with Crippen molar-refractivity contribution in [2.75, 3.05) is 65.7 Å². The number of hydrogen-bond donors (Lipinski definition) is 1. The zero-order valence-corrected chi connectivity index (χ0v) is 39.2. The monoisotopic (exact) mass is 939 g/mol. The summed E-state index contributed by atoms with van der Waals surface area (Å²) in [6.07, 6.45) is 14.5. The predicted octanol–water partition coefficient (Wildman–Crippen LogP) is 6.30. The summed E-state index contributed by atoms with van der Waals surface area (Å²) in [4.78, 5) is 53.9. The lowest BCUT2D eigenvalue weighted by molar-refractivity contribution is -0.130. The topological polar surface area (TPSA) is 152 Å². The third kappa shape index (κ3) is 11.6. The number of nitrogens with two attached hydrogens (primary N) is 1. The second kappa shape index (κ2) is 22.4. The molecule has 0 bridgehead atoms. The van der Waals surface area contributed by atoms with Crippen LogP contribution in [-0.4, -0.2) is 141 Å². The highest BCUT2D eigenvalue weighted by Crippen LogP contribution is 2.40. The largest absolute Gasteiger partial charge is 0.474 e. The second-order valence-corrected chi connectivity index (χ2v) is 19.0. The Morgan fingerprint density at radius 3 is 1.64 bits per heavy atom. The molecule has 10 rings (SSSR count). The molecule has 2 amide bonds. The van der Waals surface area contributed by atoms with Crippen LogP contribution in [0.4, 0.5) is 0 Å². The van der Waals surface area contributed by atoms with Crippen LogP contribution in [0.25, 0.3) is 20.4 Å². The number of rotatable bonds is 4. The highest BCUT2D eigenvalue weighted by Gasteiger charge is 2.31. The average molecular weight is 941 g/mol. The molecule has 4 aromatic heterocycles. The number of aromatic nitrogens is 4. The maximum Gasteiger partial charge on any atom is 0.225 e. The summed E-state index contributed by atoms with van der Waals surface area (Å²) in [5.74, 6) is 0.923. The van der Waals surface area contributed by atoms with Crippen molar-refractivity contribution in [1.29, 1.82) is 0 Å². The molecule has 8 heterocycles. The first kappa shape index (κ1) is 48.0. The van der Waals surface area contributed by atoms with Gasteiger partial charge in [-0.25, -0.2) is 19.9 Å². The van der Waals surface area contributed by atoms with Gasteiger partial charge in [-0.05, 0) is 69.8 Å². The average Bonchev–Trinajstić information content (AvgIpc) is 3.84. The van der Waals surface area contributed by atoms with Gasteiger partial charge in [-0.15, -0.1) is 47.5 Å². The molecular weight excluding hydrogens is 881 g/mol. The van der Waals surface area contributed by atoms with Gasteiger partial charge in [0.05, 0.1) is 37.2 Å². The number of amides is 2. The van der Waals surface area contributed by atoms with E-state index in [9.17, 15) is 9.59 Å². The number of fused-ring (bicyclic) bond motifs is 6. The zero-order valence-electron chi connectivity index (χ0n) is 35.2. The molecule has 19 heteroatoms. The zero-order chi connectivity index (χ0) is 40.9. The Labute approximate surface area is 384 Å².